The number of benzene rings is 6. The fraction of sp³-hybridized carbons (Fsp3) is 0.461. The van der Waals surface area contributed by atoms with Crippen LogP contribution in [0.1, 0.15) is 151 Å². The number of ether oxygens (including phenoxy) is 4. The molecule has 6 N–H and O–H groups in total. The van der Waals surface area contributed by atoms with Gasteiger partial charge in [-0.15, -0.1) is 0 Å². The van der Waals surface area contributed by atoms with Crippen molar-refractivity contribution in [3.8, 4) is 22.3 Å². The van der Waals surface area contributed by atoms with Crippen LogP contribution in [0, 0.1) is 23.7 Å². The first-order valence-electron chi connectivity index (χ1n) is 39.9. The van der Waals surface area contributed by atoms with Gasteiger partial charge in [0, 0.05) is 61.8 Å². The van der Waals surface area contributed by atoms with E-state index in [2.05, 4.69) is 124 Å². The van der Waals surface area contributed by atoms with Crippen molar-refractivity contribution < 1.29 is 66.9 Å². The molecule has 26 nitrogen and oxygen atoms in total. The number of aliphatic imine (C=N–C) groups is 2. The number of fused-ring (bicyclic) bond motifs is 2. The standard InChI is InChI=1S/C45H56N6O7.C44H54N6O7/c1-27(2)37(48-42(55)57-7)39(52)50-23-9-21-44(50,5)36-20-19-35(47-36)30-13-11-29(12-14-30)31-15-16-33-26-34(18-17-32(33)25-31)46-41(54)45(6)22-10-24-51(45)40(53)38(28(3)4)49-43(56)58-8;1-26(2)37(47-42(54)56-6)39(51)49-22-8-10-36(49)35-20-19-34(46-35)29-13-11-28(12-14-29)30-15-16-32-25-33(18-17-31(32)24-30)45-41(53)44(5)21-9-23-50(44)40(52)38(27(3)4)48-43(55)57-7/h11-19,25-28,37-38H,9-10,20-24H2,1-8H3,(H,46,54)(H,48,55)(H,49,56);11-19,24-27,36-38H,8-10,20-23H2,1-7H3,(H,45,53)(H,47,54)(H,48,55)/t37-,38-,44-,45-;36-,37-,38-,44-/m00/s1. The Bertz CT molecular complexity index is 4840. The van der Waals surface area contributed by atoms with Crippen LogP contribution in [0.3, 0.4) is 0 Å². The van der Waals surface area contributed by atoms with Crippen LogP contribution in [0.2, 0.25) is 0 Å². The number of hydrogen-bond acceptors (Lipinski definition) is 16. The highest BCUT2D eigenvalue weighted by molar-refractivity contribution is 6.07. The third-order valence-corrected chi connectivity index (χ3v) is 23.5. The highest BCUT2D eigenvalue weighted by Gasteiger charge is 2.51. The molecule has 6 aliphatic rings. The Hall–Kier alpha value is -11.4. The summed E-state index contributed by atoms with van der Waals surface area (Å²) in [5, 5.41) is 20.7. The average molecular weight is 1570 g/mol. The van der Waals surface area contributed by atoms with E-state index in [1.807, 2.05) is 114 Å². The topological polar surface area (TPSA) is 317 Å². The minimum atomic E-state index is -1.08. The molecule has 6 heterocycles. The molecule has 0 aliphatic carbocycles. The van der Waals surface area contributed by atoms with Crippen molar-refractivity contribution in [2.75, 3.05) is 65.3 Å². The minimum Gasteiger partial charge on any atom is -0.453 e. The molecule has 115 heavy (non-hydrogen) atoms. The number of carbonyl (C=O) groups excluding carboxylic acids is 10. The molecular formula is C89H110N12O14. The van der Waals surface area contributed by atoms with Gasteiger partial charge in [-0.3, -0.25) is 38.8 Å². The van der Waals surface area contributed by atoms with Crippen LogP contribution in [0.15, 0.2) is 143 Å². The fourth-order valence-corrected chi connectivity index (χ4v) is 16.6. The zero-order valence-electron chi connectivity index (χ0n) is 68.7. The third-order valence-electron chi connectivity index (χ3n) is 23.5. The molecule has 0 radical (unpaired) electrons. The summed E-state index contributed by atoms with van der Waals surface area (Å²) < 4.78 is 19.0. The maximum absolute atomic E-state index is 13.8. The molecule has 4 fully saturated rings. The first-order chi connectivity index (χ1) is 54.8. The van der Waals surface area contributed by atoms with Gasteiger partial charge in [0.25, 0.3) is 0 Å². The molecule has 6 aromatic carbocycles. The van der Waals surface area contributed by atoms with Gasteiger partial charge in [0.15, 0.2) is 0 Å². The Balaban J connectivity index is 0.000000226. The maximum Gasteiger partial charge on any atom is 0.407 e. The first kappa shape index (κ1) is 84.5. The number of rotatable bonds is 22. The lowest BCUT2D eigenvalue weighted by Gasteiger charge is -2.38. The van der Waals surface area contributed by atoms with Gasteiger partial charge in [-0.25, -0.2) is 19.2 Å². The van der Waals surface area contributed by atoms with Crippen LogP contribution in [-0.4, -0.2) is 192 Å². The van der Waals surface area contributed by atoms with Gasteiger partial charge in [-0.05, 0) is 187 Å². The lowest BCUT2D eigenvalue weighted by Crippen LogP contribution is -2.59. The molecule has 0 bridgehead atoms. The summed E-state index contributed by atoms with van der Waals surface area (Å²) in [5.74, 6) is -2.00. The molecule has 26 heteroatoms. The maximum atomic E-state index is 13.8. The molecule has 8 atom stereocenters. The highest BCUT2D eigenvalue weighted by Crippen LogP contribution is 2.41. The van der Waals surface area contributed by atoms with E-state index >= 15 is 0 Å². The van der Waals surface area contributed by atoms with Gasteiger partial charge >= 0.3 is 24.4 Å². The second-order valence-corrected chi connectivity index (χ2v) is 32.6. The summed E-state index contributed by atoms with van der Waals surface area (Å²) in [6.07, 6.45) is 8.63. The summed E-state index contributed by atoms with van der Waals surface area (Å²) in [5.41, 5.74) is 8.37. The summed E-state index contributed by atoms with van der Waals surface area (Å²) in [7, 11) is 5.09. The number of hydrogen-bond donors (Lipinski definition) is 6. The number of nitrogens with zero attached hydrogens (tertiary/aromatic N) is 6. The Morgan fingerprint density at radius 3 is 1.16 bits per heavy atom. The van der Waals surface area contributed by atoms with E-state index in [9.17, 15) is 47.9 Å². The monoisotopic (exact) mass is 1570 g/mol. The zero-order valence-corrected chi connectivity index (χ0v) is 68.7. The number of alkyl carbamates (subject to hydrolysis) is 4. The Kier molecular flexibility index (Phi) is 26.4. The summed E-state index contributed by atoms with van der Waals surface area (Å²) in [4.78, 5) is 147. The smallest absolute Gasteiger partial charge is 0.407 e. The molecule has 6 aliphatic heterocycles. The normalized spacial score (nSPS) is 20.8. The summed E-state index contributed by atoms with van der Waals surface area (Å²) in [6.45, 7) is 22.7. The Morgan fingerprint density at radius 2 is 0.739 bits per heavy atom. The van der Waals surface area contributed by atoms with E-state index in [1.54, 1.807) is 23.6 Å². The lowest BCUT2D eigenvalue weighted by atomic mass is 9.89. The fourth-order valence-electron chi connectivity index (χ4n) is 16.6. The number of likely N-dealkylation sites (tertiary alicyclic amines) is 4. The summed E-state index contributed by atoms with van der Waals surface area (Å²) in [6, 6.07) is 37.4. The van der Waals surface area contributed by atoms with E-state index in [4.69, 9.17) is 28.9 Å². The van der Waals surface area contributed by atoms with Gasteiger partial charge < -0.3 is 70.4 Å². The number of methoxy groups -OCH3 is 4. The predicted octanol–water partition coefficient (Wildman–Crippen LogP) is 13.9. The van der Waals surface area contributed by atoms with Crippen molar-refractivity contribution in [3.63, 3.8) is 0 Å². The van der Waals surface area contributed by atoms with Crippen molar-refractivity contribution in [1.29, 1.82) is 0 Å². The van der Waals surface area contributed by atoms with Crippen LogP contribution in [-0.2, 0) is 47.7 Å². The van der Waals surface area contributed by atoms with E-state index in [0.29, 0.717) is 76.1 Å². The Labute approximate surface area is 673 Å². The van der Waals surface area contributed by atoms with E-state index in [1.165, 1.54) is 28.4 Å². The summed E-state index contributed by atoms with van der Waals surface area (Å²) >= 11 is 0. The SMILES string of the molecule is COC(=O)N[C@H](C(=O)N1CCC[C@@]1(C)C(=O)Nc1ccc2cc(-c3ccc(C4=CCC([C@]5(C)CCCN5C(=O)[C@@H](NC(=O)OC)C(C)C)=N4)cc3)ccc2c1)C(C)C.COC(=O)N[C@H](C(=O)N1CCC[C@H]1C1=NC(c2ccc(-c3ccc4cc(NC(=O)[C@]5(C)CCCN5C(=O)[C@@H](NC(=O)OC)C(C)C)ccc4c3)cc2)=CC1)C(C)C. The number of allylic oxidation sites excluding steroid dienone is 2. The van der Waals surface area contributed by atoms with Gasteiger partial charge in [-0.2, -0.15) is 0 Å². The lowest BCUT2D eigenvalue weighted by molar-refractivity contribution is -0.144. The van der Waals surface area contributed by atoms with E-state index < -0.39 is 65.2 Å². The van der Waals surface area contributed by atoms with Crippen molar-refractivity contribution in [2.24, 2.45) is 33.7 Å². The molecule has 12 rings (SSSR count). The minimum absolute atomic E-state index is 0.0938. The first-order valence-corrected chi connectivity index (χ1v) is 39.9. The Morgan fingerprint density at radius 1 is 0.391 bits per heavy atom. The molecule has 6 aromatic rings. The van der Waals surface area contributed by atoms with Crippen molar-refractivity contribution >= 4 is 116 Å². The molecule has 0 unspecified atom stereocenters. The molecule has 0 spiro atoms. The van der Waals surface area contributed by atoms with E-state index in [-0.39, 0.29) is 65.2 Å². The largest absolute Gasteiger partial charge is 0.453 e. The number of anilines is 2. The second-order valence-electron chi connectivity index (χ2n) is 32.6. The molecule has 10 amide bonds. The zero-order chi connectivity index (χ0) is 83.0. The van der Waals surface area contributed by atoms with Crippen LogP contribution < -0.4 is 31.9 Å². The van der Waals surface area contributed by atoms with Crippen LogP contribution in [0.25, 0.3) is 55.2 Å². The highest BCUT2D eigenvalue weighted by atomic mass is 16.5. The molecule has 4 saturated heterocycles. The van der Waals surface area contributed by atoms with Gasteiger partial charge in [0.2, 0.25) is 35.4 Å². The second kappa shape index (κ2) is 35.9. The molecule has 0 saturated carbocycles. The van der Waals surface area contributed by atoms with Crippen LogP contribution in [0.4, 0.5) is 30.6 Å². The van der Waals surface area contributed by atoms with Crippen molar-refractivity contribution in [1.82, 2.24) is 40.9 Å². The van der Waals surface area contributed by atoms with Crippen molar-refractivity contribution in [2.45, 2.75) is 187 Å². The molecular weight excluding hydrogens is 1460 g/mol. The van der Waals surface area contributed by atoms with Gasteiger partial charge in [0.1, 0.15) is 35.2 Å². The number of carbonyl (C=O) groups is 10. The molecule has 610 valence electrons. The van der Waals surface area contributed by atoms with Crippen LogP contribution in [0.5, 0.6) is 0 Å². The van der Waals surface area contributed by atoms with Crippen molar-refractivity contribution in [3.05, 3.63) is 145 Å². The molecule has 0 aromatic heterocycles. The number of nitrogens with one attached hydrogen (secondary N) is 6. The van der Waals surface area contributed by atoms with Crippen LogP contribution >= 0.6 is 0 Å². The van der Waals surface area contributed by atoms with E-state index in [0.717, 1.165) is 103 Å². The quantitative estimate of drug-likeness (QED) is 0.0344. The third kappa shape index (κ3) is 18.4. The average Bonchev–Trinajstić information content (AvgIpc) is 1.62. The van der Waals surface area contributed by atoms with Gasteiger partial charge in [-0.1, -0.05) is 152 Å². The van der Waals surface area contributed by atoms with Gasteiger partial charge in [0.05, 0.1) is 51.4 Å². The number of amides is 10. The predicted molar refractivity (Wildman–Crippen MR) is 446 cm³/mol.